The van der Waals surface area contributed by atoms with Crippen LogP contribution in [-0.2, 0) is 0 Å². The van der Waals surface area contributed by atoms with Crippen LogP contribution in [-0.4, -0.2) is 17.9 Å². The molecule has 4 nitrogen and oxygen atoms in total. The Morgan fingerprint density at radius 2 is 1.29 bits per heavy atom. The first-order valence-electron chi connectivity index (χ1n) is 11.5. The lowest BCUT2D eigenvalue weighted by Crippen LogP contribution is -2.32. The highest BCUT2D eigenvalue weighted by atomic mass is 16.3. The van der Waals surface area contributed by atoms with Crippen molar-refractivity contribution in [2.75, 3.05) is 7.05 Å². The summed E-state index contributed by atoms with van der Waals surface area (Å²) in [6.45, 7) is 1.76. The van der Waals surface area contributed by atoms with E-state index in [9.17, 15) is 9.59 Å². The maximum absolute atomic E-state index is 14.0. The Bertz CT molecular complexity index is 1500. The third-order valence-electron chi connectivity index (χ3n) is 6.35. The van der Waals surface area contributed by atoms with Gasteiger partial charge in [-0.3, -0.25) is 9.59 Å². The van der Waals surface area contributed by atoms with Gasteiger partial charge >= 0.3 is 0 Å². The number of para-hydroxylation sites is 1. The van der Waals surface area contributed by atoms with Gasteiger partial charge in [-0.05, 0) is 30.2 Å². The van der Waals surface area contributed by atoms with Crippen molar-refractivity contribution < 1.29 is 9.21 Å². The van der Waals surface area contributed by atoms with Crippen LogP contribution in [0.5, 0.6) is 0 Å². The second-order valence-electron chi connectivity index (χ2n) is 8.57. The molecular formula is C31H25NO3. The largest absolute Gasteiger partial charge is 0.455 e. The maximum atomic E-state index is 14.0. The Balaban J connectivity index is 1.66. The van der Waals surface area contributed by atoms with Crippen molar-refractivity contribution in [2.24, 2.45) is 0 Å². The number of carbonyl (C=O) groups excluding carboxylic acids is 1. The first kappa shape index (κ1) is 22.4. The van der Waals surface area contributed by atoms with Gasteiger partial charge in [0, 0.05) is 18.2 Å². The summed E-state index contributed by atoms with van der Waals surface area (Å²) >= 11 is 0. The highest BCUT2D eigenvalue weighted by Gasteiger charge is 2.27. The molecule has 4 aromatic carbocycles. The Morgan fingerprint density at radius 3 is 1.86 bits per heavy atom. The van der Waals surface area contributed by atoms with E-state index in [0.717, 1.165) is 16.7 Å². The molecule has 5 rings (SSSR count). The van der Waals surface area contributed by atoms with E-state index < -0.39 is 0 Å². The van der Waals surface area contributed by atoms with E-state index in [2.05, 4.69) is 0 Å². The fourth-order valence-electron chi connectivity index (χ4n) is 4.56. The van der Waals surface area contributed by atoms with E-state index >= 15 is 0 Å². The van der Waals surface area contributed by atoms with Gasteiger partial charge in [-0.2, -0.15) is 0 Å². The highest BCUT2D eigenvalue weighted by molar-refractivity contribution is 6.05. The number of nitrogens with zero attached hydrogens (tertiary/aromatic N) is 1. The third kappa shape index (κ3) is 4.15. The van der Waals surface area contributed by atoms with Crippen molar-refractivity contribution in [1.82, 2.24) is 4.90 Å². The molecule has 0 bridgehead atoms. The molecule has 0 unspecified atom stereocenters. The molecule has 0 aliphatic heterocycles. The van der Waals surface area contributed by atoms with Gasteiger partial charge in [0.05, 0.1) is 17.0 Å². The molecule has 1 amide bonds. The van der Waals surface area contributed by atoms with Crippen LogP contribution in [0, 0.1) is 6.92 Å². The molecule has 5 aromatic rings. The molecule has 0 radical (unpaired) electrons. The number of amides is 1. The summed E-state index contributed by atoms with van der Waals surface area (Å²) in [5, 5.41) is 0.400. The molecule has 0 aliphatic carbocycles. The fourth-order valence-corrected chi connectivity index (χ4v) is 4.56. The normalized spacial score (nSPS) is 11.1. The minimum absolute atomic E-state index is 0.134. The summed E-state index contributed by atoms with van der Waals surface area (Å²) in [5.74, 6) is 0.257. The maximum Gasteiger partial charge on any atom is 0.258 e. The van der Waals surface area contributed by atoms with Gasteiger partial charge in [0.15, 0.2) is 11.0 Å². The zero-order valence-electron chi connectivity index (χ0n) is 19.6. The van der Waals surface area contributed by atoms with Crippen molar-refractivity contribution in [2.45, 2.75) is 13.0 Å². The quantitative estimate of drug-likeness (QED) is 0.296. The SMILES string of the molecule is Cc1c(-c2ccccc2)oc2c(C(=O)N(C)C(c3ccccc3)c3ccccc3)cccc2c1=O. The van der Waals surface area contributed by atoms with Crippen LogP contribution in [0.3, 0.4) is 0 Å². The van der Waals surface area contributed by atoms with Crippen molar-refractivity contribution in [3.63, 3.8) is 0 Å². The average molecular weight is 460 g/mol. The molecule has 172 valence electrons. The molecular weight excluding hydrogens is 434 g/mol. The molecule has 1 aromatic heterocycles. The van der Waals surface area contributed by atoms with Gasteiger partial charge in [0.25, 0.3) is 5.91 Å². The van der Waals surface area contributed by atoms with E-state index in [1.54, 1.807) is 37.1 Å². The Kier molecular flexibility index (Phi) is 6.02. The minimum atomic E-state index is -0.300. The van der Waals surface area contributed by atoms with Crippen LogP contribution in [0.2, 0.25) is 0 Å². The van der Waals surface area contributed by atoms with Gasteiger partial charge in [0.2, 0.25) is 0 Å². The summed E-state index contributed by atoms with van der Waals surface area (Å²) in [7, 11) is 1.79. The van der Waals surface area contributed by atoms with Crippen molar-refractivity contribution >= 4 is 16.9 Å². The van der Waals surface area contributed by atoms with Gasteiger partial charge in [-0.15, -0.1) is 0 Å². The zero-order chi connectivity index (χ0) is 24.4. The Labute approximate surface area is 204 Å². The van der Waals surface area contributed by atoms with Crippen LogP contribution in [0.4, 0.5) is 0 Å². The lowest BCUT2D eigenvalue weighted by atomic mass is 9.96. The number of hydrogen-bond donors (Lipinski definition) is 0. The number of fused-ring (bicyclic) bond motifs is 1. The number of rotatable bonds is 5. The van der Waals surface area contributed by atoms with Gasteiger partial charge in [-0.1, -0.05) is 97.1 Å². The average Bonchev–Trinajstić information content (AvgIpc) is 2.92. The summed E-state index contributed by atoms with van der Waals surface area (Å²) < 4.78 is 6.31. The second kappa shape index (κ2) is 9.43. The molecule has 4 heteroatoms. The summed E-state index contributed by atoms with van der Waals surface area (Å²) in [6, 6.07) is 34.2. The van der Waals surface area contributed by atoms with Gasteiger partial charge in [-0.25, -0.2) is 0 Å². The Morgan fingerprint density at radius 1 is 0.743 bits per heavy atom. The Hall–Kier alpha value is -4.44. The van der Waals surface area contributed by atoms with E-state index in [4.69, 9.17) is 4.42 Å². The minimum Gasteiger partial charge on any atom is -0.455 e. The number of carbonyl (C=O) groups is 1. The molecule has 0 fully saturated rings. The van der Waals surface area contributed by atoms with Crippen molar-refractivity contribution in [1.29, 1.82) is 0 Å². The smallest absolute Gasteiger partial charge is 0.258 e. The van der Waals surface area contributed by atoms with Crippen LogP contribution in [0.1, 0.15) is 33.1 Å². The van der Waals surface area contributed by atoms with Crippen LogP contribution in [0.25, 0.3) is 22.3 Å². The van der Waals surface area contributed by atoms with Gasteiger partial charge in [0.1, 0.15) is 5.76 Å². The molecule has 0 saturated carbocycles. The monoisotopic (exact) mass is 459 g/mol. The lowest BCUT2D eigenvalue weighted by Gasteiger charge is -2.29. The standard InChI is InChI=1S/C31H25NO3/c1-21-28(33)25-19-12-20-26(30(25)35-29(21)24-17-10-5-11-18-24)31(34)32(2)27(22-13-6-3-7-14-22)23-15-8-4-9-16-23/h3-20,27H,1-2H3. The zero-order valence-corrected chi connectivity index (χ0v) is 19.6. The second-order valence-corrected chi connectivity index (χ2v) is 8.57. The molecule has 1 heterocycles. The van der Waals surface area contributed by atoms with E-state index in [1.807, 2.05) is 91.0 Å². The van der Waals surface area contributed by atoms with E-state index in [1.165, 1.54) is 0 Å². The van der Waals surface area contributed by atoms with Crippen molar-refractivity contribution in [3.05, 3.63) is 142 Å². The predicted molar refractivity (Wildman–Crippen MR) is 139 cm³/mol. The molecule has 0 aliphatic rings. The van der Waals surface area contributed by atoms with E-state index in [-0.39, 0.29) is 17.4 Å². The summed E-state index contributed by atoms with van der Waals surface area (Å²) in [4.78, 5) is 28.9. The number of benzene rings is 4. The topological polar surface area (TPSA) is 50.5 Å². The third-order valence-corrected chi connectivity index (χ3v) is 6.35. The first-order chi connectivity index (χ1) is 17.1. The number of hydrogen-bond acceptors (Lipinski definition) is 3. The summed E-state index contributed by atoms with van der Waals surface area (Å²) in [6.07, 6.45) is 0. The van der Waals surface area contributed by atoms with Gasteiger partial charge < -0.3 is 9.32 Å². The molecule has 0 atom stereocenters. The lowest BCUT2D eigenvalue weighted by molar-refractivity contribution is 0.0756. The van der Waals surface area contributed by atoms with Crippen LogP contribution < -0.4 is 5.43 Å². The molecule has 0 spiro atoms. The highest BCUT2D eigenvalue weighted by Crippen LogP contribution is 2.32. The van der Waals surface area contributed by atoms with Crippen LogP contribution >= 0.6 is 0 Å². The summed E-state index contributed by atoms with van der Waals surface area (Å²) in [5.41, 5.74) is 3.84. The predicted octanol–water partition coefficient (Wildman–Crippen LogP) is 6.63. The van der Waals surface area contributed by atoms with Crippen molar-refractivity contribution in [3.8, 4) is 11.3 Å². The first-order valence-corrected chi connectivity index (χ1v) is 11.5. The molecule has 0 saturated heterocycles. The molecule has 35 heavy (non-hydrogen) atoms. The fraction of sp³-hybridized carbons (Fsp3) is 0.0968. The molecule has 0 N–H and O–H groups in total. The van der Waals surface area contributed by atoms with E-state index in [0.29, 0.717) is 27.9 Å². The van der Waals surface area contributed by atoms with Crippen LogP contribution in [0.15, 0.2) is 118 Å².